The Morgan fingerprint density at radius 3 is 2.07 bits per heavy atom. The number of alkyl halides is 1. The van der Waals surface area contributed by atoms with Gasteiger partial charge in [-0.3, -0.25) is 4.57 Å². The molecule has 29 heavy (non-hydrogen) atoms. The predicted molar refractivity (Wildman–Crippen MR) is 115 cm³/mol. The molecule has 0 aromatic heterocycles. The summed E-state index contributed by atoms with van der Waals surface area (Å²) in [5.41, 5.74) is 1.56. The van der Waals surface area contributed by atoms with Crippen LogP contribution in [-0.2, 0) is 25.2 Å². The third kappa shape index (κ3) is 10.7. The summed E-state index contributed by atoms with van der Waals surface area (Å²) >= 11 is 3.19. The molecule has 0 aliphatic rings. The lowest BCUT2D eigenvalue weighted by atomic mass is 10.2. The van der Waals surface area contributed by atoms with Crippen LogP contribution >= 0.6 is 23.3 Å². The monoisotopic (exact) mass is 492 g/mol. The molecular weight excluding hydrogens is 463 g/mol. The van der Waals surface area contributed by atoms with E-state index in [2.05, 4.69) is 21.4 Å². The molecule has 0 spiro atoms. The fourth-order valence-electron chi connectivity index (χ4n) is 1.96. The lowest BCUT2D eigenvalue weighted by Gasteiger charge is -2.30. The number of hydrogen-bond donors (Lipinski definition) is 1. The molecular formula is C19H30BrN2O6P. The minimum atomic E-state index is -3.38. The van der Waals surface area contributed by atoms with Gasteiger partial charge in [-0.2, -0.15) is 0 Å². The minimum absolute atomic E-state index is 0.0118. The second-order valence-electron chi connectivity index (χ2n) is 8.36. The molecule has 10 heteroatoms. The molecule has 0 bridgehead atoms. The Kier molecular flexibility index (Phi) is 9.18. The van der Waals surface area contributed by atoms with Gasteiger partial charge in [0.15, 0.2) is 0 Å². The zero-order valence-electron chi connectivity index (χ0n) is 17.7. The Morgan fingerprint density at radius 2 is 1.59 bits per heavy atom. The lowest BCUT2D eigenvalue weighted by molar-refractivity contribution is 0.00483. The number of hydrogen-bond acceptors (Lipinski definition) is 6. The second-order valence-corrected chi connectivity index (χ2v) is 12.3. The van der Waals surface area contributed by atoms with E-state index in [1.54, 1.807) is 41.5 Å². The maximum absolute atomic E-state index is 13.2. The van der Waals surface area contributed by atoms with Crippen LogP contribution in [0.3, 0.4) is 0 Å². The first-order valence-electron chi connectivity index (χ1n) is 9.06. The Bertz CT molecular complexity index is 730. The zero-order valence-corrected chi connectivity index (χ0v) is 20.2. The predicted octanol–water partition coefficient (Wildman–Crippen LogP) is 5.47. The summed E-state index contributed by atoms with van der Waals surface area (Å²) in [6.07, 6.45) is -2.13. The molecule has 1 unspecified atom stereocenters. The van der Waals surface area contributed by atoms with Gasteiger partial charge in [0, 0.05) is 0 Å². The summed E-state index contributed by atoms with van der Waals surface area (Å²) in [4.78, 5) is 24.7. The van der Waals surface area contributed by atoms with E-state index < -0.39 is 30.8 Å². The molecule has 2 amide bonds. The average Bonchev–Trinajstić information content (AvgIpc) is 2.57. The third-order valence-electron chi connectivity index (χ3n) is 3.09. The fraction of sp³-hybridized carbons (Fsp3) is 0.579. The number of carbonyl (C=O) groups excluding carboxylic acids is 2. The van der Waals surface area contributed by atoms with Crippen molar-refractivity contribution >= 4 is 35.5 Å². The molecule has 0 aliphatic carbocycles. The molecule has 1 aromatic rings. The molecule has 0 aliphatic heterocycles. The van der Waals surface area contributed by atoms with Crippen LogP contribution < -0.4 is 5.43 Å². The van der Waals surface area contributed by atoms with Crippen LogP contribution in [0.25, 0.3) is 0 Å². The minimum Gasteiger partial charge on any atom is -0.443 e. The molecule has 1 aromatic carbocycles. The van der Waals surface area contributed by atoms with Gasteiger partial charge in [-0.15, -0.1) is 0 Å². The number of hydrazine groups is 1. The normalized spacial score (nSPS) is 13.9. The molecule has 164 valence electrons. The Labute approximate surface area is 180 Å². The first-order valence-corrected chi connectivity index (χ1v) is 12.2. The zero-order chi connectivity index (χ0) is 22.3. The number of benzene rings is 1. The summed E-state index contributed by atoms with van der Waals surface area (Å²) in [5, 5.41) is 0.814. The summed E-state index contributed by atoms with van der Waals surface area (Å²) in [5.74, 6) is 0. The topological polar surface area (TPSA) is 94.2 Å². The van der Waals surface area contributed by atoms with Crippen LogP contribution in [0, 0.1) is 0 Å². The first kappa shape index (κ1) is 25.5. The van der Waals surface area contributed by atoms with E-state index in [1.165, 1.54) is 0 Å². The SMILES string of the molecule is CC(C)(C)OC(=O)NN(CP(=O)(CBr)OCc1ccccc1)C(=O)OC(C)(C)C. The number of halogens is 1. The van der Waals surface area contributed by atoms with Gasteiger partial charge in [-0.25, -0.2) is 20.0 Å². The van der Waals surface area contributed by atoms with Crippen molar-refractivity contribution in [3.05, 3.63) is 35.9 Å². The van der Waals surface area contributed by atoms with Crippen molar-refractivity contribution in [3.63, 3.8) is 0 Å². The standard InChI is InChI=1S/C19H30BrN2O6P/c1-18(2,3)27-16(23)21-22(17(24)28-19(4,5)6)14-29(25,13-20)26-12-15-10-8-7-9-11-15/h7-11H,12-14H2,1-6H3,(H,21,23). The highest BCUT2D eigenvalue weighted by Crippen LogP contribution is 2.49. The maximum atomic E-state index is 13.2. The molecule has 1 rings (SSSR count). The van der Waals surface area contributed by atoms with Gasteiger partial charge in [-0.05, 0) is 47.1 Å². The quantitative estimate of drug-likeness (QED) is 0.321. The Hall–Kier alpha value is -1.57. The molecule has 0 radical (unpaired) electrons. The number of nitrogens with zero attached hydrogens (tertiary/aromatic N) is 1. The average molecular weight is 493 g/mol. The number of rotatable bonds is 6. The fourth-order valence-corrected chi connectivity index (χ4v) is 4.10. The second kappa shape index (κ2) is 10.5. The van der Waals surface area contributed by atoms with Crippen LogP contribution in [0.5, 0.6) is 0 Å². The Morgan fingerprint density at radius 1 is 1.03 bits per heavy atom. The molecule has 8 nitrogen and oxygen atoms in total. The number of amides is 2. The van der Waals surface area contributed by atoms with Gasteiger partial charge in [0.2, 0.25) is 7.37 Å². The molecule has 0 saturated heterocycles. The van der Waals surface area contributed by atoms with Gasteiger partial charge in [0.05, 0.1) is 11.7 Å². The van der Waals surface area contributed by atoms with Crippen molar-refractivity contribution in [1.82, 2.24) is 10.4 Å². The molecule has 0 fully saturated rings. The molecule has 0 heterocycles. The van der Waals surface area contributed by atoms with Gasteiger partial charge < -0.3 is 14.0 Å². The first-order chi connectivity index (χ1) is 13.2. The highest BCUT2D eigenvalue weighted by atomic mass is 79.9. The molecule has 0 saturated carbocycles. The van der Waals surface area contributed by atoms with Crippen LogP contribution in [0.2, 0.25) is 0 Å². The van der Waals surface area contributed by atoms with Gasteiger partial charge in [0.25, 0.3) is 0 Å². The largest absolute Gasteiger partial charge is 0.443 e. The van der Waals surface area contributed by atoms with E-state index in [-0.39, 0.29) is 18.0 Å². The van der Waals surface area contributed by atoms with Crippen LogP contribution in [0.1, 0.15) is 47.1 Å². The lowest BCUT2D eigenvalue weighted by Crippen LogP contribution is -2.50. The Balaban J connectivity index is 2.94. The van der Waals surface area contributed by atoms with Crippen molar-refractivity contribution in [2.75, 3.05) is 11.4 Å². The van der Waals surface area contributed by atoms with E-state index in [9.17, 15) is 14.2 Å². The van der Waals surface area contributed by atoms with Crippen LogP contribution in [0.15, 0.2) is 30.3 Å². The summed E-state index contributed by atoms with van der Waals surface area (Å²) in [7, 11) is -3.38. The smallest absolute Gasteiger partial charge is 0.429 e. The van der Waals surface area contributed by atoms with E-state index in [1.807, 2.05) is 30.3 Å². The highest BCUT2D eigenvalue weighted by molar-refractivity contribution is 9.10. The number of ether oxygens (including phenoxy) is 2. The van der Waals surface area contributed by atoms with Crippen molar-refractivity contribution in [2.24, 2.45) is 0 Å². The van der Waals surface area contributed by atoms with E-state index in [0.29, 0.717) is 0 Å². The van der Waals surface area contributed by atoms with E-state index in [4.69, 9.17) is 14.0 Å². The van der Waals surface area contributed by atoms with Gasteiger partial charge in [-0.1, -0.05) is 46.3 Å². The number of nitrogens with one attached hydrogen (secondary N) is 1. The number of carbonyl (C=O) groups is 2. The van der Waals surface area contributed by atoms with Crippen LogP contribution in [-0.4, -0.2) is 39.8 Å². The summed E-state index contributed by atoms with van der Waals surface area (Å²) in [6.45, 7) is 10.2. The van der Waals surface area contributed by atoms with Gasteiger partial charge in [0.1, 0.15) is 17.5 Å². The summed E-state index contributed by atoms with van der Waals surface area (Å²) in [6, 6.07) is 9.22. The van der Waals surface area contributed by atoms with Crippen molar-refractivity contribution in [1.29, 1.82) is 0 Å². The highest BCUT2D eigenvalue weighted by Gasteiger charge is 2.33. The van der Waals surface area contributed by atoms with E-state index in [0.717, 1.165) is 10.6 Å². The van der Waals surface area contributed by atoms with E-state index >= 15 is 0 Å². The third-order valence-corrected chi connectivity index (χ3v) is 7.06. The van der Waals surface area contributed by atoms with Crippen LogP contribution in [0.4, 0.5) is 9.59 Å². The summed E-state index contributed by atoms with van der Waals surface area (Å²) < 4.78 is 29.3. The molecule has 1 N–H and O–H groups in total. The van der Waals surface area contributed by atoms with Crippen molar-refractivity contribution in [3.8, 4) is 0 Å². The van der Waals surface area contributed by atoms with Crippen molar-refractivity contribution < 1.29 is 28.2 Å². The maximum Gasteiger partial charge on any atom is 0.429 e. The van der Waals surface area contributed by atoms with Crippen molar-refractivity contribution in [2.45, 2.75) is 59.4 Å². The van der Waals surface area contributed by atoms with Gasteiger partial charge >= 0.3 is 12.2 Å². The molecule has 1 atom stereocenters.